The maximum Gasteiger partial charge on any atom is 0.280 e. The number of anilines is 1. The van der Waals surface area contributed by atoms with Crippen molar-refractivity contribution in [3.8, 4) is 0 Å². The zero-order chi connectivity index (χ0) is 15.0. The molecule has 1 saturated heterocycles. The summed E-state index contributed by atoms with van der Waals surface area (Å²) >= 11 is 1.85. The Hall–Kier alpha value is -1.24. The third-order valence-corrected chi connectivity index (χ3v) is 4.04. The van der Waals surface area contributed by atoms with Crippen LogP contribution < -0.4 is 11.3 Å². The van der Waals surface area contributed by atoms with Crippen LogP contribution in [0.5, 0.6) is 0 Å². The van der Waals surface area contributed by atoms with Crippen molar-refractivity contribution in [2.24, 2.45) is 0 Å². The smallest absolute Gasteiger partial charge is 0.280 e. The van der Waals surface area contributed by atoms with E-state index in [1.807, 2.05) is 23.0 Å². The van der Waals surface area contributed by atoms with Gasteiger partial charge >= 0.3 is 0 Å². The highest BCUT2D eigenvalue weighted by Crippen LogP contribution is 2.33. The van der Waals surface area contributed by atoms with E-state index in [2.05, 4.69) is 15.0 Å². The second-order valence-corrected chi connectivity index (χ2v) is 5.23. The summed E-state index contributed by atoms with van der Waals surface area (Å²) in [5.74, 6) is 0.0439. The summed E-state index contributed by atoms with van der Waals surface area (Å²) in [6.07, 6.45) is 1.51. The molecular formula is C11H14IN5O4. The fraction of sp³-hybridized carbons (Fsp3) is 0.545. The summed E-state index contributed by atoms with van der Waals surface area (Å²) in [4.78, 5) is 22.4. The molecule has 3 N–H and O–H groups in total. The number of H-pyrrole nitrogens is 1. The summed E-state index contributed by atoms with van der Waals surface area (Å²) < 4.78 is 18.1. The Morgan fingerprint density at radius 1 is 1.67 bits per heavy atom. The number of hydrogen-bond acceptors (Lipinski definition) is 7. The van der Waals surface area contributed by atoms with E-state index in [4.69, 9.17) is 18.3 Å². The highest BCUT2D eigenvalue weighted by molar-refractivity contribution is 14.1. The minimum Gasteiger partial charge on any atom is -0.382 e. The Morgan fingerprint density at radius 2 is 2.48 bits per heavy atom. The fourth-order valence-electron chi connectivity index (χ4n) is 2.43. The highest BCUT2D eigenvalue weighted by atomic mass is 127. The monoisotopic (exact) mass is 407 g/mol. The van der Waals surface area contributed by atoms with Crippen molar-refractivity contribution >= 4 is 40.1 Å². The number of aromatic amines is 1. The van der Waals surface area contributed by atoms with Gasteiger partial charge in [-0.25, -0.2) is 4.98 Å². The molecule has 1 aliphatic heterocycles. The largest absolute Gasteiger partial charge is 0.382 e. The van der Waals surface area contributed by atoms with Gasteiger partial charge in [0.25, 0.3) is 5.56 Å². The molecule has 0 bridgehead atoms. The second kappa shape index (κ2) is 5.87. The first-order chi connectivity index (χ1) is 10.1. The van der Waals surface area contributed by atoms with Crippen molar-refractivity contribution in [2.45, 2.75) is 24.9 Å². The van der Waals surface area contributed by atoms with Crippen LogP contribution in [0.15, 0.2) is 11.1 Å². The van der Waals surface area contributed by atoms with Crippen molar-refractivity contribution in [1.29, 1.82) is 0 Å². The Kier molecular flexibility index (Phi) is 4.10. The molecule has 0 saturated carbocycles. The molecule has 0 spiro atoms. The minimum absolute atomic E-state index is 0.0439. The van der Waals surface area contributed by atoms with Gasteiger partial charge in [0.05, 0.1) is 12.9 Å². The molecule has 2 aromatic heterocycles. The Morgan fingerprint density at radius 3 is 3.19 bits per heavy atom. The normalized spacial score (nSPS) is 25.7. The number of ether oxygens (including phenoxy) is 2. The van der Waals surface area contributed by atoms with Gasteiger partial charge in [0.15, 0.2) is 11.2 Å². The van der Waals surface area contributed by atoms with E-state index in [0.29, 0.717) is 18.7 Å². The van der Waals surface area contributed by atoms with E-state index in [0.717, 1.165) is 0 Å². The number of aromatic nitrogens is 4. The fourth-order valence-corrected chi connectivity index (χ4v) is 2.97. The SMILES string of the molecule is COC[C@H]1O[C@@H](n2cnc3c(=O)[nH]c(N)nc32)CC1OI. The Balaban J connectivity index is 1.96. The van der Waals surface area contributed by atoms with Crippen LogP contribution in [0, 0.1) is 0 Å². The lowest BCUT2D eigenvalue weighted by molar-refractivity contribution is -0.0441. The van der Waals surface area contributed by atoms with Crippen LogP contribution >= 0.6 is 23.0 Å². The number of nitrogen functional groups attached to an aromatic ring is 1. The van der Waals surface area contributed by atoms with Gasteiger partial charge in [-0.3, -0.25) is 14.3 Å². The zero-order valence-electron chi connectivity index (χ0n) is 11.2. The van der Waals surface area contributed by atoms with Gasteiger partial charge in [0, 0.05) is 13.5 Å². The molecule has 0 radical (unpaired) electrons. The Labute approximate surface area is 133 Å². The van der Waals surface area contributed by atoms with Crippen LogP contribution in [0.1, 0.15) is 12.6 Å². The van der Waals surface area contributed by atoms with Crippen LogP contribution in [-0.4, -0.2) is 45.4 Å². The van der Waals surface area contributed by atoms with Crippen molar-refractivity contribution in [3.63, 3.8) is 0 Å². The standard InChI is InChI=1S/C11H14IN5O4/c1-19-3-6-5(21-12)2-7(20-6)17-4-14-8-9(17)15-11(13)16-10(8)18/h4-7H,2-3H2,1H3,(H3,13,15,16,18)/t5?,6-,7-/m1/s1. The lowest BCUT2D eigenvalue weighted by Gasteiger charge is -2.15. The first-order valence-corrected chi connectivity index (χ1v) is 7.16. The number of halogens is 1. The van der Waals surface area contributed by atoms with E-state index in [1.165, 1.54) is 6.33 Å². The van der Waals surface area contributed by atoms with E-state index in [-0.39, 0.29) is 35.5 Å². The molecule has 3 atom stereocenters. The molecule has 0 aromatic carbocycles. The summed E-state index contributed by atoms with van der Waals surface area (Å²) in [6.45, 7) is 0.424. The number of hydrogen-bond donors (Lipinski definition) is 2. The molecule has 3 heterocycles. The maximum absolute atomic E-state index is 11.8. The van der Waals surface area contributed by atoms with Crippen molar-refractivity contribution in [2.75, 3.05) is 19.5 Å². The summed E-state index contributed by atoms with van der Waals surface area (Å²) in [7, 11) is 1.61. The molecule has 114 valence electrons. The molecule has 1 fully saturated rings. The molecule has 0 aliphatic carbocycles. The molecule has 0 amide bonds. The second-order valence-electron chi connectivity index (χ2n) is 4.72. The third-order valence-electron chi connectivity index (χ3n) is 3.39. The minimum atomic E-state index is -0.371. The van der Waals surface area contributed by atoms with Gasteiger partial charge in [-0.05, 0) is 0 Å². The number of nitrogens with two attached hydrogens (primary N) is 1. The van der Waals surface area contributed by atoms with Crippen molar-refractivity contribution in [1.82, 2.24) is 19.5 Å². The molecule has 21 heavy (non-hydrogen) atoms. The summed E-state index contributed by atoms with van der Waals surface area (Å²) in [5, 5.41) is 0. The molecule has 10 heteroatoms. The van der Waals surface area contributed by atoms with Gasteiger partial charge in [-0.2, -0.15) is 4.98 Å². The Bertz CT molecular complexity index is 701. The lowest BCUT2D eigenvalue weighted by Crippen LogP contribution is -2.26. The van der Waals surface area contributed by atoms with E-state index >= 15 is 0 Å². The van der Waals surface area contributed by atoms with Gasteiger partial charge < -0.3 is 18.3 Å². The molecule has 3 rings (SSSR count). The van der Waals surface area contributed by atoms with Crippen LogP contribution in [0.3, 0.4) is 0 Å². The third kappa shape index (κ3) is 2.63. The van der Waals surface area contributed by atoms with Crippen LogP contribution in [0.2, 0.25) is 0 Å². The number of imidazole rings is 1. The molecular weight excluding hydrogens is 393 g/mol. The number of nitrogens with one attached hydrogen (secondary N) is 1. The first kappa shape index (κ1) is 14.7. The lowest BCUT2D eigenvalue weighted by atomic mass is 10.2. The quantitative estimate of drug-likeness (QED) is 0.704. The first-order valence-electron chi connectivity index (χ1n) is 6.28. The van der Waals surface area contributed by atoms with E-state index in [9.17, 15) is 4.79 Å². The predicted molar refractivity (Wildman–Crippen MR) is 81.9 cm³/mol. The number of nitrogens with zero attached hydrogens (tertiary/aromatic N) is 3. The van der Waals surface area contributed by atoms with E-state index in [1.54, 1.807) is 11.7 Å². The van der Waals surface area contributed by atoms with Crippen LogP contribution in [0.4, 0.5) is 5.95 Å². The molecule has 2 aromatic rings. The predicted octanol–water partition coefficient (Wildman–Crippen LogP) is 0.371. The van der Waals surface area contributed by atoms with Crippen LogP contribution in [0.25, 0.3) is 11.2 Å². The van der Waals surface area contributed by atoms with Gasteiger partial charge in [-0.15, -0.1) is 0 Å². The molecule has 9 nitrogen and oxygen atoms in total. The van der Waals surface area contributed by atoms with Crippen LogP contribution in [-0.2, 0) is 12.5 Å². The number of rotatable bonds is 4. The molecule has 1 aliphatic rings. The maximum atomic E-state index is 11.8. The number of fused-ring (bicyclic) bond motifs is 1. The summed E-state index contributed by atoms with van der Waals surface area (Å²) in [6, 6.07) is 0. The topological polar surface area (TPSA) is 117 Å². The average molecular weight is 407 g/mol. The molecule has 1 unspecified atom stereocenters. The van der Waals surface area contributed by atoms with Crippen molar-refractivity contribution < 1.29 is 12.5 Å². The van der Waals surface area contributed by atoms with Gasteiger partial charge in [0.1, 0.15) is 41.4 Å². The van der Waals surface area contributed by atoms with Crippen molar-refractivity contribution in [3.05, 3.63) is 16.7 Å². The summed E-state index contributed by atoms with van der Waals surface area (Å²) in [5.41, 5.74) is 5.84. The zero-order valence-corrected chi connectivity index (χ0v) is 13.3. The van der Waals surface area contributed by atoms with Gasteiger partial charge in [-0.1, -0.05) is 0 Å². The number of methoxy groups -OCH3 is 1. The highest BCUT2D eigenvalue weighted by Gasteiger charge is 2.37. The van der Waals surface area contributed by atoms with E-state index < -0.39 is 0 Å². The van der Waals surface area contributed by atoms with Gasteiger partial charge in [0.2, 0.25) is 5.95 Å². The average Bonchev–Trinajstić information content (AvgIpc) is 3.02.